The molecule has 1 aromatic carbocycles. The minimum Gasteiger partial charge on any atom is -0.494 e. The molecule has 0 aliphatic carbocycles. The van der Waals surface area contributed by atoms with Gasteiger partial charge in [0.1, 0.15) is 5.75 Å². The molecule has 0 fully saturated rings. The summed E-state index contributed by atoms with van der Waals surface area (Å²) in [6.07, 6.45) is 1.71. The van der Waals surface area contributed by atoms with Gasteiger partial charge in [0.25, 0.3) is 5.91 Å². The summed E-state index contributed by atoms with van der Waals surface area (Å²) < 4.78 is 5.46. The largest absolute Gasteiger partial charge is 0.494 e. The number of nitrogens with zero attached hydrogens (tertiary/aromatic N) is 1. The maximum atomic E-state index is 12.1. The molecular formula is C16H18N2O2. The highest BCUT2D eigenvalue weighted by Gasteiger charge is 2.08. The highest BCUT2D eigenvalue weighted by molar-refractivity contribution is 5.94. The van der Waals surface area contributed by atoms with Gasteiger partial charge in [-0.1, -0.05) is 6.07 Å². The highest BCUT2D eigenvalue weighted by Crippen LogP contribution is 2.19. The number of ether oxygens (including phenoxy) is 1. The maximum Gasteiger partial charge on any atom is 0.251 e. The Morgan fingerprint density at radius 2 is 2.15 bits per heavy atom. The summed E-state index contributed by atoms with van der Waals surface area (Å²) in [5.41, 5.74) is 2.42. The Morgan fingerprint density at radius 3 is 2.80 bits per heavy atom. The number of carbonyl (C=O) groups is 1. The monoisotopic (exact) mass is 270 g/mol. The van der Waals surface area contributed by atoms with Crippen LogP contribution in [0.15, 0.2) is 42.6 Å². The zero-order chi connectivity index (χ0) is 14.4. The number of hydrogen-bond acceptors (Lipinski definition) is 3. The number of pyridine rings is 1. The summed E-state index contributed by atoms with van der Waals surface area (Å²) in [4.78, 5) is 16.2. The van der Waals surface area contributed by atoms with Crippen molar-refractivity contribution in [1.82, 2.24) is 10.3 Å². The lowest BCUT2D eigenvalue weighted by molar-refractivity contribution is 0.0950. The second-order valence-electron chi connectivity index (χ2n) is 4.42. The van der Waals surface area contributed by atoms with Crippen molar-refractivity contribution >= 4 is 5.91 Å². The van der Waals surface area contributed by atoms with E-state index in [1.807, 2.05) is 44.2 Å². The van der Waals surface area contributed by atoms with Crippen LogP contribution < -0.4 is 10.1 Å². The molecule has 20 heavy (non-hydrogen) atoms. The van der Waals surface area contributed by atoms with E-state index in [0.29, 0.717) is 18.7 Å². The third-order valence-corrected chi connectivity index (χ3v) is 2.89. The molecule has 0 bridgehead atoms. The van der Waals surface area contributed by atoms with Gasteiger partial charge in [0.05, 0.1) is 18.8 Å². The van der Waals surface area contributed by atoms with Gasteiger partial charge < -0.3 is 10.1 Å². The Kier molecular flexibility index (Phi) is 4.71. The molecule has 0 aliphatic rings. The number of benzene rings is 1. The van der Waals surface area contributed by atoms with E-state index in [2.05, 4.69) is 10.3 Å². The molecule has 0 saturated carbocycles. The molecule has 0 unspecified atom stereocenters. The molecule has 4 heteroatoms. The lowest BCUT2D eigenvalue weighted by atomic mass is 10.1. The molecule has 0 radical (unpaired) electrons. The summed E-state index contributed by atoms with van der Waals surface area (Å²) in [6, 6.07) is 11.1. The fourth-order valence-electron chi connectivity index (χ4n) is 1.88. The molecular weight excluding hydrogens is 252 g/mol. The van der Waals surface area contributed by atoms with Crippen LogP contribution in [-0.2, 0) is 6.54 Å². The van der Waals surface area contributed by atoms with Crippen LogP contribution in [0.25, 0.3) is 0 Å². The molecule has 2 aromatic rings. The summed E-state index contributed by atoms with van der Waals surface area (Å²) in [6.45, 7) is 4.91. The first-order chi connectivity index (χ1) is 9.70. The Labute approximate surface area is 118 Å². The molecule has 1 amide bonds. The van der Waals surface area contributed by atoms with E-state index < -0.39 is 0 Å². The molecule has 2 rings (SSSR count). The van der Waals surface area contributed by atoms with Crippen LogP contribution in [0, 0.1) is 6.92 Å². The van der Waals surface area contributed by atoms with Crippen LogP contribution >= 0.6 is 0 Å². The number of nitrogens with one attached hydrogen (secondary N) is 1. The van der Waals surface area contributed by atoms with Crippen LogP contribution in [0.2, 0.25) is 0 Å². The first-order valence-electron chi connectivity index (χ1n) is 6.62. The Bertz CT molecular complexity index is 582. The van der Waals surface area contributed by atoms with E-state index in [9.17, 15) is 4.79 Å². The van der Waals surface area contributed by atoms with Crippen LogP contribution in [0.4, 0.5) is 0 Å². The summed E-state index contributed by atoms with van der Waals surface area (Å²) in [5, 5.41) is 2.85. The SMILES string of the molecule is CCOc1ccc(C(=O)NCc2ccccn2)cc1C. The van der Waals surface area contributed by atoms with Crippen molar-refractivity contribution < 1.29 is 9.53 Å². The van der Waals surface area contributed by atoms with Crippen molar-refractivity contribution in [2.45, 2.75) is 20.4 Å². The van der Waals surface area contributed by atoms with Crippen LogP contribution in [0.3, 0.4) is 0 Å². The van der Waals surface area contributed by atoms with Crippen LogP contribution in [0.5, 0.6) is 5.75 Å². The van der Waals surface area contributed by atoms with Crippen LogP contribution in [0.1, 0.15) is 28.5 Å². The van der Waals surface area contributed by atoms with Crippen molar-refractivity contribution in [3.05, 3.63) is 59.4 Å². The smallest absolute Gasteiger partial charge is 0.251 e. The van der Waals surface area contributed by atoms with Gasteiger partial charge in [-0.05, 0) is 49.7 Å². The van der Waals surface area contributed by atoms with Gasteiger partial charge in [-0.3, -0.25) is 9.78 Å². The van der Waals surface area contributed by atoms with Crippen molar-refractivity contribution in [3.63, 3.8) is 0 Å². The number of hydrogen-bond donors (Lipinski definition) is 1. The zero-order valence-electron chi connectivity index (χ0n) is 11.7. The number of aryl methyl sites for hydroxylation is 1. The lowest BCUT2D eigenvalue weighted by Gasteiger charge is -2.09. The van der Waals surface area contributed by atoms with Crippen molar-refractivity contribution in [3.8, 4) is 5.75 Å². The van der Waals surface area contributed by atoms with E-state index in [1.54, 1.807) is 12.3 Å². The van der Waals surface area contributed by atoms with Crippen molar-refractivity contribution in [2.24, 2.45) is 0 Å². The van der Waals surface area contributed by atoms with Gasteiger partial charge in [-0.15, -0.1) is 0 Å². The first kappa shape index (κ1) is 14.1. The molecule has 104 valence electrons. The Morgan fingerprint density at radius 1 is 1.30 bits per heavy atom. The summed E-state index contributed by atoms with van der Waals surface area (Å²) in [5.74, 6) is 0.704. The molecule has 1 N–H and O–H groups in total. The fourth-order valence-corrected chi connectivity index (χ4v) is 1.88. The standard InChI is InChI=1S/C16H18N2O2/c1-3-20-15-8-7-13(10-12(15)2)16(19)18-11-14-6-4-5-9-17-14/h4-10H,3,11H2,1-2H3,(H,18,19). The predicted octanol–water partition coefficient (Wildman–Crippen LogP) is 2.72. The fraction of sp³-hybridized carbons (Fsp3) is 0.250. The molecule has 0 spiro atoms. The minimum absolute atomic E-state index is 0.109. The third-order valence-electron chi connectivity index (χ3n) is 2.89. The summed E-state index contributed by atoms with van der Waals surface area (Å²) >= 11 is 0. The van der Waals surface area contributed by atoms with Gasteiger partial charge >= 0.3 is 0 Å². The normalized spacial score (nSPS) is 10.1. The van der Waals surface area contributed by atoms with E-state index in [0.717, 1.165) is 17.0 Å². The van der Waals surface area contributed by atoms with Gasteiger partial charge in [-0.25, -0.2) is 0 Å². The Balaban J connectivity index is 2.00. The Hall–Kier alpha value is -2.36. The van der Waals surface area contributed by atoms with Crippen molar-refractivity contribution in [1.29, 1.82) is 0 Å². The molecule has 1 aromatic heterocycles. The van der Waals surface area contributed by atoms with Gasteiger partial charge in [0, 0.05) is 11.8 Å². The molecule has 0 aliphatic heterocycles. The van der Waals surface area contributed by atoms with E-state index in [4.69, 9.17) is 4.74 Å². The lowest BCUT2D eigenvalue weighted by Crippen LogP contribution is -2.23. The average molecular weight is 270 g/mol. The van der Waals surface area contributed by atoms with Gasteiger partial charge in [0.15, 0.2) is 0 Å². The third kappa shape index (κ3) is 3.57. The minimum atomic E-state index is -0.109. The summed E-state index contributed by atoms with van der Waals surface area (Å²) in [7, 11) is 0. The second kappa shape index (κ2) is 6.70. The van der Waals surface area contributed by atoms with Gasteiger partial charge in [0.2, 0.25) is 0 Å². The number of amides is 1. The topological polar surface area (TPSA) is 51.2 Å². The average Bonchev–Trinajstić information content (AvgIpc) is 2.48. The molecule has 0 saturated heterocycles. The molecule has 1 heterocycles. The number of carbonyl (C=O) groups excluding carboxylic acids is 1. The highest BCUT2D eigenvalue weighted by atomic mass is 16.5. The number of rotatable bonds is 5. The zero-order valence-corrected chi connectivity index (χ0v) is 11.7. The number of aromatic nitrogens is 1. The van der Waals surface area contributed by atoms with Gasteiger partial charge in [-0.2, -0.15) is 0 Å². The predicted molar refractivity (Wildman–Crippen MR) is 77.8 cm³/mol. The molecule has 4 nitrogen and oxygen atoms in total. The first-order valence-corrected chi connectivity index (χ1v) is 6.62. The van der Waals surface area contributed by atoms with E-state index in [1.165, 1.54) is 0 Å². The van der Waals surface area contributed by atoms with E-state index in [-0.39, 0.29) is 5.91 Å². The second-order valence-corrected chi connectivity index (χ2v) is 4.42. The maximum absolute atomic E-state index is 12.1. The van der Waals surface area contributed by atoms with Crippen LogP contribution in [-0.4, -0.2) is 17.5 Å². The molecule has 0 atom stereocenters. The quantitative estimate of drug-likeness (QED) is 0.908. The van der Waals surface area contributed by atoms with Crippen molar-refractivity contribution in [2.75, 3.05) is 6.61 Å². The van der Waals surface area contributed by atoms with E-state index >= 15 is 0 Å².